The van der Waals surface area contributed by atoms with Crippen LogP contribution in [0.3, 0.4) is 0 Å². The number of amides is 2. The molecule has 3 aromatic rings. The lowest BCUT2D eigenvalue weighted by molar-refractivity contribution is -0.121. The number of hydrogen-bond acceptors (Lipinski definition) is 6. The Morgan fingerprint density at radius 3 is 2.59 bits per heavy atom. The maximum Gasteiger partial charge on any atom is 0.238 e. The second-order valence-corrected chi connectivity index (χ2v) is 6.69. The van der Waals surface area contributed by atoms with E-state index in [-0.39, 0.29) is 18.9 Å². The minimum Gasteiger partial charge on any atom is -0.370 e. The maximum atomic E-state index is 12.6. The van der Waals surface area contributed by atoms with Crippen LogP contribution in [0.1, 0.15) is 17.2 Å². The van der Waals surface area contributed by atoms with Crippen LogP contribution in [0.5, 0.6) is 0 Å². The van der Waals surface area contributed by atoms with E-state index in [1.165, 1.54) is 11.8 Å². The van der Waals surface area contributed by atoms with Crippen molar-refractivity contribution in [1.82, 2.24) is 25.5 Å². The molecule has 2 aromatic heterocycles. The number of carbonyl (C=O) groups is 2. The fraction of sp³-hybridized carbons (Fsp3) is 0.167. The van der Waals surface area contributed by atoms with E-state index in [0.29, 0.717) is 11.0 Å². The first-order valence-corrected chi connectivity index (χ1v) is 9.12. The molecule has 27 heavy (non-hydrogen) atoms. The van der Waals surface area contributed by atoms with E-state index in [9.17, 15) is 9.59 Å². The van der Waals surface area contributed by atoms with Gasteiger partial charge in [0.05, 0.1) is 0 Å². The molecule has 0 saturated heterocycles. The van der Waals surface area contributed by atoms with Crippen molar-refractivity contribution in [2.45, 2.75) is 16.8 Å². The second kappa shape index (κ2) is 8.95. The topological polar surface area (TPSA) is 127 Å². The van der Waals surface area contributed by atoms with Gasteiger partial charge in [-0.05, 0) is 17.7 Å². The number of nitrogens with one attached hydrogen (secondary N) is 2. The van der Waals surface area contributed by atoms with Crippen LogP contribution in [0.25, 0.3) is 11.4 Å². The Morgan fingerprint density at radius 2 is 1.89 bits per heavy atom. The van der Waals surface area contributed by atoms with Crippen LogP contribution < -0.4 is 11.1 Å². The molecule has 0 fully saturated rings. The van der Waals surface area contributed by atoms with Gasteiger partial charge in [0.25, 0.3) is 0 Å². The van der Waals surface area contributed by atoms with Crippen molar-refractivity contribution in [3.63, 3.8) is 0 Å². The summed E-state index contributed by atoms with van der Waals surface area (Å²) in [6, 6.07) is 13.0. The number of H-pyrrole nitrogens is 1. The number of nitrogens with two attached hydrogens (primary N) is 1. The summed E-state index contributed by atoms with van der Waals surface area (Å²) in [7, 11) is 0. The minimum atomic E-state index is -0.555. The molecular formula is C18H18N6O2S. The van der Waals surface area contributed by atoms with E-state index in [1.807, 2.05) is 42.5 Å². The SMILES string of the molecule is NC(=O)CCNC(=O)C(Sc1n[nH]c(-c2ccncc2)n1)c1ccccc1. The van der Waals surface area contributed by atoms with Gasteiger partial charge in [-0.3, -0.25) is 19.7 Å². The molecule has 4 N–H and O–H groups in total. The van der Waals surface area contributed by atoms with Crippen molar-refractivity contribution in [3.05, 3.63) is 60.4 Å². The molecular weight excluding hydrogens is 364 g/mol. The van der Waals surface area contributed by atoms with Crippen molar-refractivity contribution >= 4 is 23.6 Å². The van der Waals surface area contributed by atoms with E-state index in [0.717, 1.165) is 11.1 Å². The van der Waals surface area contributed by atoms with Crippen LogP contribution >= 0.6 is 11.8 Å². The summed E-state index contributed by atoms with van der Waals surface area (Å²) < 4.78 is 0. The van der Waals surface area contributed by atoms with Crippen LogP contribution in [0, 0.1) is 0 Å². The summed E-state index contributed by atoms with van der Waals surface area (Å²) in [5, 5.41) is 9.70. The van der Waals surface area contributed by atoms with Crippen LogP contribution in [0.15, 0.2) is 60.0 Å². The van der Waals surface area contributed by atoms with E-state index in [2.05, 4.69) is 25.5 Å². The molecule has 2 heterocycles. The summed E-state index contributed by atoms with van der Waals surface area (Å²) in [5.74, 6) is -0.0984. The molecule has 1 atom stereocenters. The van der Waals surface area contributed by atoms with E-state index in [1.54, 1.807) is 12.4 Å². The molecule has 0 bridgehead atoms. The molecule has 0 spiro atoms. The van der Waals surface area contributed by atoms with Gasteiger partial charge in [-0.15, -0.1) is 5.10 Å². The third kappa shape index (κ3) is 5.14. The van der Waals surface area contributed by atoms with Gasteiger partial charge in [0.2, 0.25) is 17.0 Å². The number of aromatic nitrogens is 4. The zero-order chi connectivity index (χ0) is 19.1. The van der Waals surface area contributed by atoms with Crippen LogP contribution in [0.4, 0.5) is 0 Å². The van der Waals surface area contributed by atoms with Crippen LogP contribution in [0.2, 0.25) is 0 Å². The van der Waals surface area contributed by atoms with Crippen molar-refractivity contribution in [1.29, 1.82) is 0 Å². The van der Waals surface area contributed by atoms with E-state index >= 15 is 0 Å². The molecule has 138 valence electrons. The fourth-order valence-corrected chi connectivity index (χ4v) is 3.28. The molecule has 0 radical (unpaired) electrons. The van der Waals surface area contributed by atoms with E-state index < -0.39 is 11.2 Å². The molecule has 0 aliphatic heterocycles. The highest BCUT2D eigenvalue weighted by atomic mass is 32.2. The molecule has 9 heteroatoms. The third-order valence-corrected chi connectivity index (χ3v) is 4.77. The summed E-state index contributed by atoms with van der Waals surface area (Å²) >= 11 is 1.23. The zero-order valence-electron chi connectivity index (χ0n) is 14.3. The predicted molar refractivity (Wildman–Crippen MR) is 101 cm³/mol. The molecule has 8 nitrogen and oxygen atoms in total. The van der Waals surface area contributed by atoms with Crippen molar-refractivity contribution in [2.75, 3.05) is 6.54 Å². The zero-order valence-corrected chi connectivity index (χ0v) is 15.1. The normalized spacial score (nSPS) is 11.7. The Morgan fingerprint density at radius 1 is 1.15 bits per heavy atom. The van der Waals surface area contributed by atoms with Gasteiger partial charge in [-0.1, -0.05) is 42.1 Å². The van der Waals surface area contributed by atoms with Gasteiger partial charge in [-0.25, -0.2) is 4.98 Å². The average Bonchev–Trinajstić information content (AvgIpc) is 3.16. The Hall–Kier alpha value is -3.20. The van der Waals surface area contributed by atoms with Gasteiger partial charge < -0.3 is 11.1 Å². The highest BCUT2D eigenvalue weighted by Crippen LogP contribution is 2.34. The van der Waals surface area contributed by atoms with Gasteiger partial charge in [-0.2, -0.15) is 0 Å². The Labute approximate surface area is 160 Å². The number of nitrogens with zero attached hydrogens (tertiary/aromatic N) is 3. The number of benzene rings is 1. The van der Waals surface area contributed by atoms with Crippen molar-refractivity contribution in [3.8, 4) is 11.4 Å². The number of hydrogen-bond donors (Lipinski definition) is 3. The quantitative estimate of drug-likeness (QED) is 0.509. The summed E-state index contributed by atoms with van der Waals surface area (Å²) in [6.45, 7) is 0.189. The molecule has 1 unspecified atom stereocenters. The van der Waals surface area contributed by atoms with Gasteiger partial charge >= 0.3 is 0 Å². The number of thioether (sulfide) groups is 1. The number of aromatic amines is 1. The van der Waals surface area contributed by atoms with Crippen molar-refractivity contribution < 1.29 is 9.59 Å². The lowest BCUT2D eigenvalue weighted by Gasteiger charge is -2.15. The predicted octanol–water partition coefficient (Wildman–Crippen LogP) is 1.69. The largest absolute Gasteiger partial charge is 0.370 e. The minimum absolute atomic E-state index is 0.0881. The van der Waals surface area contributed by atoms with E-state index in [4.69, 9.17) is 5.73 Å². The molecule has 3 rings (SSSR count). The molecule has 0 aliphatic rings. The number of rotatable bonds is 8. The molecule has 0 aliphatic carbocycles. The van der Waals surface area contributed by atoms with Gasteiger partial charge in [0.1, 0.15) is 5.25 Å². The summed E-state index contributed by atoms with van der Waals surface area (Å²) in [6.07, 6.45) is 3.43. The van der Waals surface area contributed by atoms with Gasteiger partial charge in [0.15, 0.2) is 5.82 Å². The summed E-state index contributed by atoms with van der Waals surface area (Å²) in [4.78, 5) is 32.0. The van der Waals surface area contributed by atoms with Crippen molar-refractivity contribution in [2.24, 2.45) is 5.73 Å². The third-order valence-electron chi connectivity index (χ3n) is 3.65. The molecule has 1 aromatic carbocycles. The smallest absolute Gasteiger partial charge is 0.238 e. The first kappa shape index (κ1) is 18.6. The lowest BCUT2D eigenvalue weighted by Crippen LogP contribution is -2.31. The standard InChI is InChI=1S/C18H18N6O2S/c19-14(25)8-11-21-17(26)15(12-4-2-1-3-5-12)27-18-22-16(23-24-18)13-6-9-20-10-7-13/h1-7,9-10,15H,8,11H2,(H2,19,25)(H,21,26)(H,22,23,24). The average molecular weight is 382 g/mol. The van der Waals surface area contributed by atoms with Crippen LogP contribution in [-0.4, -0.2) is 38.5 Å². The highest BCUT2D eigenvalue weighted by Gasteiger charge is 2.24. The number of pyridine rings is 1. The van der Waals surface area contributed by atoms with Gasteiger partial charge in [0, 0.05) is 30.9 Å². The monoisotopic (exact) mass is 382 g/mol. The lowest BCUT2D eigenvalue weighted by atomic mass is 10.1. The first-order chi connectivity index (χ1) is 13.1. The highest BCUT2D eigenvalue weighted by molar-refractivity contribution is 8.00. The number of primary amides is 1. The Kier molecular flexibility index (Phi) is 6.16. The molecule has 0 saturated carbocycles. The Bertz CT molecular complexity index is 900. The first-order valence-electron chi connectivity index (χ1n) is 8.24. The van der Waals surface area contributed by atoms with Crippen LogP contribution in [-0.2, 0) is 9.59 Å². The molecule has 2 amide bonds. The Balaban J connectivity index is 1.76. The summed E-state index contributed by atoms with van der Waals surface area (Å²) in [5.41, 5.74) is 6.79. The maximum absolute atomic E-state index is 12.6. The number of carbonyl (C=O) groups excluding carboxylic acids is 2. The second-order valence-electron chi connectivity index (χ2n) is 5.62. The fourth-order valence-electron chi connectivity index (χ4n) is 2.35.